The molecular formula is C15H28N2O. The summed E-state index contributed by atoms with van der Waals surface area (Å²) in [4.78, 5) is 17.2. The number of amides is 1. The zero-order chi connectivity index (χ0) is 13.5. The lowest BCUT2D eigenvalue weighted by molar-refractivity contribution is -0.139. The van der Waals surface area contributed by atoms with E-state index in [1.54, 1.807) is 0 Å². The molecule has 18 heavy (non-hydrogen) atoms. The van der Waals surface area contributed by atoms with Gasteiger partial charge in [-0.2, -0.15) is 0 Å². The Morgan fingerprint density at radius 1 is 1.17 bits per heavy atom. The Balaban J connectivity index is 2.02. The molecule has 2 aliphatic heterocycles. The quantitative estimate of drug-likeness (QED) is 0.754. The first-order valence-electron chi connectivity index (χ1n) is 7.33. The minimum atomic E-state index is 0.103. The van der Waals surface area contributed by atoms with Crippen LogP contribution in [-0.2, 0) is 4.79 Å². The maximum atomic E-state index is 12.5. The Morgan fingerprint density at radius 3 is 2.06 bits per heavy atom. The van der Waals surface area contributed by atoms with E-state index in [9.17, 15) is 4.79 Å². The van der Waals surface area contributed by atoms with Crippen LogP contribution in [0.5, 0.6) is 0 Å². The van der Waals surface area contributed by atoms with Gasteiger partial charge in [0.2, 0.25) is 5.91 Å². The van der Waals surface area contributed by atoms with Crippen LogP contribution in [0.3, 0.4) is 0 Å². The van der Waals surface area contributed by atoms with E-state index >= 15 is 0 Å². The van der Waals surface area contributed by atoms with E-state index in [4.69, 9.17) is 0 Å². The van der Waals surface area contributed by atoms with Gasteiger partial charge in [0.05, 0.1) is 0 Å². The molecule has 0 aliphatic carbocycles. The highest BCUT2D eigenvalue weighted by Crippen LogP contribution is 2.33. The summed E-state index contributed by atoms with van der Waals surface area (Å²) >= 11 is 0. The molecule has 0 aromatic heterocycles. The molecule has 2 bridgehead atoms. The molecule has 0 saturated carbocycles. The van der Waals surface area contributed by atoms with Gasteiger partial charge in [-0.3, -0.25) is 9.69 Å². The first-order valence-corrected chi connectivity index (χ1v) is 7.33. The van der Waals surface area contributed by atoms with Crippen LogP contribution in [0.4, 0.5) is 0 Å². The molecule has 2 unspecified atom stereocenters. The van der Waals surface area contributed by atoms with Gasteiger partial charge in [-0.25, -0.2) is 0 Å². The molecule has 2 heterocycles. The summed E-state index contributed by atoms with van der Waals surface area (Å²) in [5.41, 5.74) is 0.103. The van der Waals surface area contributed by atoms with Crippen molar-refractivity contribution in [1.29, 1.82) is 0 Å². The normalized spacial score (nSPS) is 29.1. The predicted octanol–water partition coefficient (Wildman–Crippen LogP) is 2.51. The Labute approximate surface area is 112 Å². The van der Waals surface area contributed by atoms with Gasteiger partial charge in [0.1, 0.15) is 0 Å². The van der Waals surface area contributed by atoms with E-state index in [0.717, 1.165) is 13.1 Å². The topological polar surface area (TPSA) is 23.6 Å². The number of carbonyl (C=O) groups is 1. The first kappa shape index (κ1) is 13.9. The molecule has 104 valence electrons. The largest absolute Gasteiger partial charge is 0.334 e. The number of carbonyl (C=O) groups excluding carboxylic acids is 1. The van der Waals surface area contributed by atoms with Crippen molar-refractivity contribution in [1.82, 2.24) is 9.80 Å². The third kappa shape index (κ3) is 2.87. The molecule has 0 aromatic carbocycles. The van der Waals surface area contributed by atoms with Gasteiger partial charge in [-0.15, -0.1) is 0 Å². The second-order valence-corrected chi connectivity index (χ2v) is 7.47. The summed E-state index contributed by atoms with van der Waals surface area (Å²) in [6, 6.07) is 1.55. The predicted molar refractivity (Wildman–Crippen MR) is 74.4 cm³/mol. The molecule has 0 N–H and O–H groups in total. The first-order chi connectivity index (χ1) is 8.28. The van der Waals surface area contributed by atoms with Crippen molar-refractivity contribution in [3.63, 3.8) is 0 Å². The molecule has 2 rings (SSSR count). The van der Waals surface area contributed by atoms with Crippen molar-refractivity contribution in [3.8, 4) is 0 Å². The summed E-state index contributed by atoms with van der Waals surface area (Å²) in [6.07, 6.45) is 3.08. The average molecular weight is 252 g/mol. The van der Waals surface area contributed by atoms with Crippen molar-refractivity contribution in [2.45, 2.75) is 72.0 Å². The Kier molecular flexibility index (Phi) is 3.72. The molecule has 2 aliphatic rings. The fraction of sp³-hybridized carbons (Fsp3) is 0.933. The average Bonchev–Trinajstić information content (AvgIpc) is 2.47. The van der Waals surface area contributed by atoms with E-state index < -0.39 is 0 Å². The van der Waals surface area contributed by atoms with Gasteiger partial charge in [0.15, 0.2) is 0 Å². The number of rotatable bonds is 2. The molecule has 0 aromatic rings. The summed E-state index contributed by atoms with van der Waals surface area (Å²) in [6.45, 7) is 13.1. The highest BCUT2D eigenvalue weighted by molar-refractivity contribution is 5.78. The Bertz CT molecular complexity index is 305. The van der Waals surface area contributed by atoms with Crippen LogP contribution in [0, 0.1) is 5.41 Å². The Hall–Kier alpha value is -0.570. The lowest BCUT2D eigenvalue weighted by Gasteiger charge is -2.43. The second kappa shape index (κ2) is 4.84. The fourth-order valence-electron chi connectivity index (χ4n) is 3.31. The highest BCUT2D eigenvalue weighted by Gasteiger charge is 2.43. The van der Waals surface area contributed by atoms with E-state index in [2.05, 4.69) is 44.4 Å². The third-order valence-corrected chi connectivity index (χ3v) is 4.21. The van der Waals surface area contributed by atoms with Gasteiger partial charge < -0.3 is 4.90 Å². The Morgan fingerprint density at radius 2 is 1.67 bits per heavy atom. The number of fused-ring (bicyclic) bond motifs is 2. The maximum absolute atomic E-state index is 12.5. The molecule has 2 fully saturated rings. The van der Waals surface area contributed by atoms with Crippen LogP contribution in [-0.4, -0.2) is 46.9 Å². The van der Waals surface area contributed by atoms with Crippen LogP contribution in [0.15, 0.2) is 0 Å². The maximum Gasteiger partial charge on any atom is 0.223 e. The number of nitrogens with zero attached hydrogens (tertiary/aromatic N) is 2. The monoisotopic (exact) mass is 252 g/mol. The number of piperazine rings is 1. The highest BCUT2D eigenvalue weighted by atomic mass is 16.2. The van der Waals surface area contributed by atoms with Crippen LogP contribution < -0.4 is 0 Å². The molecular weight excluding hydrogens is 224 g/mol. The minimum Gasteiger partial charge on any atom is -0.334 e. The SMILES string of the molecule is CC(C)N1CC2CCC(C1)N2C(=O)CC(C)(C)C. The van der Waals surface area contributed by atoms with Gasteiger partial charge in [0.25, 0.3) is 0 Å². The molecule has 0 radical (unpaired) electrons. The van der Waals surface area contributed by atoms with Crippen molar-refractivity contribution in [2.75, 3.05) is 13.1 Å². The molecule has 3 heteroatoms. The van der Waals surface area contributed by atoms with E-state index in [-0.39, 0.29) is 5.41 Å². The second-order valence-electron chi connectivity index (χ2n) is 7.47. The molecule has 1 amide bonds. The van der Waals surface area contributed by atoms with Crippen LogP contribution in [0.1, 0.15) is 53.9 Å². The van der Waals surface area contributed by atoms with E-state index in [1.165, 1.54) is 12.8 Å². The standard InChI is InChI=1S/C15H28N2O/c1-11(2)16-9-12-6-7-13(10-16)17(12)14(18)8-15(3,4)5/h11-13H,6-10H2,1-5H3. The minimum absolute atomic E-state index is 0.103. The molecule has 2 atom stereocenters. The van der Waals surface area contributed by atoms with Gasteiger partial charge in [0, 0.05) is 37.6 Å². The molecule has 3 nitrogen and oxygen atoms in total. The van der Waals surface area contributed by atoms with Crippen LogP contribution in [0.2, 0.25) is 0 Å². The summed E-state index contributed by atoms with van der Waals surface area (Å²) in [5, 5.41) is 0. The summed E-state index contributed by atoms with van der Waals surface area (Å²) in [5.74, 6) is 0.374. The fourth-order valence-corrected chi connectivity index (χ4v) is 3.31. The number of hydrogen-bond acceptors (Lipinski definition) is 2. The lowest BCUT2D eigenvalue weighted by atomic mass is 9.91. The van der Waals surface area contributed by atoms with Crippen LogP contribution >= 0.6 is 0 Å². The zero-order valence-electron chi connectivity index (χ0n) is 12.6. The van der Waals surface area contributed by atoms with E-state index in [1.807, 2.05) is 0 Å². The summed E-state index contributed by atoms with van der Waals surface area (Å²) < 4.78 is 0. The van der Waals surface area contributed by atoms with Gasteiger partial charge in [-0.05, 0) is 32.1 Å². The third-order valence-electron chi connectivity index (χ3n) is 4.21. The van der Waals surface area contributed by atoms with Gasteiger partial charge >= 0.3 is 0 Å². The number of likely N-dealkylation sites (tertiary alicyclic amines) is 1. The summed E-state index contributed by atoms with van der Waals surface area (Å²) in [7, 11) is 0. The van der Waals surface area contributed by atoms with Crippen molar-refractivity contribution < 1.29 is 4.79 Å². The number of hydrogen-bond donors (Lipinski definition) is 0. The lowest BCUT2D eigenvalue weighted by Crippen LogP contribution is -2.57. The smallest absolute Gasteiger partial charge is 0.223 e. The van der Waals surface area contributed by atoms with Crippen molar-refractivity contribution in [3.05, 3.63) is 0 Å². The van der Waals surface area contributed by atoms with Crippen molar-refractivity contribution >= 4 is 5.91 Å². The van der Waals surface area contributed by atoms with Crippen molar-refractivity contribution in [2.24, 2.45) is 5.41 Å². The zero-order valence-corrected chi connectivity index (χ0v) is 12.6. The molecule has 2 saturated heterocycles. The van der Waals surface area contributed by atoms with Crippen LogP contribution in [0.25, 0.3) is 0 Å². The van der Waals surface area contributed by atoms with E-state index in [0.29, 0.717) is 30.5 Å². The van der Waals surface area contributed by atoms with Gasteiger partial charge in [-0.1, -0.05) is 20.8 Å². The molecule has 0 spiro atoms.